The Kier molecular flexibility index (Phi) is 6.08. The number of aromatic nitrogens is 3. The first-order valence-corrected chi connectivity index (χ1v) is 14.3. The van der Waals surface area contributed by atoms with Gasteiger partial charge in [0.25, 0.3) is 0 Å². The van der Waals surface area contributed by atoms with Gasteiger partial charge in [-0.05, 0) is 34.4 Å². The second kappa shape index (κ2) is 10.5. The lowest BCUT2D eigenvalue weighted by molar-refractivity contribution is 0.669. The van der Waals surface area contributed by atoms with Crippen LogP contribution >= 0.6 is 0 Å². The average Bonchev–Trinajstić information content (AvgIpc) is 3.48. The first kappa shape index (κ1) is 24.9. The van der Waals surface area contributed by atoms with Gasteiger partial charge >= 0.3 is 0 Å². The lowest BCUT2D eigenvalue weighted by Crippen LogP contribution is -2.00. The van der Waals surface area contributed by atoms with Crippen LogP contribution in [0, 0.1) is 0 Å². The molecule has 0 amide bonds. The zero-order valence-corrected chi connectivity index (χ0v) is 23.2. The third-order valence-electron chi connectivity index (χ3n) is 7.78. The molecule has 0 aliphatic heterocycles. The van der Waals surface area contributed by atoms with E-state index in [0.29, 0.717) is 17.5 Å². The summed E-state index contributed by atoms with van der Waals surface area (Å²) in [6.07, 6.45) is 0. The van der Waals surface area contributed by atoms with Gasteiger partial charge in [0.15, 0.2) is 17.5 Å². The smallest absolute Gasteiger partial charge is 0.164 e. The fraction of sp³-hybridized carbons (Fsp3) is 0. The molecular weight excluding hydrogens is 526 g/mol. The van der Waals surface area contributed by atoms with Crippen molar-refractivity contribution in [1.82, 2.24) is 15.0 Å². The SMILES string of the molecule is c1ccc(-c2ccc(-c3nc(-c4ccc(-c5ccccc5)cc4)nc(-c4cccc5oc6ccccc6c45)n3)cc2)cc1. The summed E-state index contributed by atoms with van der Waals surface area (Å²) in [5, 5.41) is 2.04. The molecule has 8 rings (SSSR count). The molecule has 0 N–H and O–H groups in total. The Morgan fingerprint density at radius 2 is 0.767 bits per heavy atom. The van der Waals surface area contributed by atoms with E-state index in [1.165, 1.54) is 11.1 Å². The van der Waals surface area contributed by atoms with Crippen molar-refractivity contribution in [3.8, 4) is 56.4 Å². The molecule has 0 fully saturated rings. The minimum absolute atomic E-state index is 0.608. The van der Waals surface area contributed by atoms with E-state index >= 15 is 0 Å². The normalized spacial score (nSPS) is 11.3. The molecule has 4 nitrogen and oxygen atoms in total. The van der Waals surface area contributed by atoms with Crippen LogP contribution in [-0.4, -0.2) is 15.0 Å². The van der Waals surface area contributed by atoms with Crippen LogP contribution in [0.25, 0.3) is 78.4 Å². The molecule has 0 saturated carbocycles. The highest BCUT2D eigenvalue weighted by atomic mass is 16.3. The molecule has 0 radical (unpaired) electrons. The number of hydrogen-bond acceptors (Lipinski definition) is 4. The van der Waals surface area contributed by atoms with E-state index in [1.807, 2.05) is 42.5 Å². The number of fused-ring (bicyclic) bond motifs is 3. The average molecular weight is 552 g/mol. The van der Waals surface area contributed by atoms with Gasteiger partial charge in [0.1, 0.15) is 11.2 Å². The molecule has 0 bridgehead atoms. The highest BCUT2D eigenvalue weighted by Crippen LogP contribution is 2.36. The summed E-state index contributed by atoms with van der Waals surface area (Å²) in [5.41, 5.74) is 9.04. The van der Waals surface area contributed by atoms with E-state index in [2.05, 4.69) is 109 Å². The minimum atomic E-state index is 0.608. The van der Waals surface area contributed by atoms with Gasteiger partial charge in [0.2, 0.25) is 0 Å². The number of rotatable bonds is 5. The van der Waals surface area contributed by atoms with Crippen LogP contribution in [0.1, 0.15) is 0 Å². The third kappa shape index (κ3) is 4.65. The molecule has 6 aromatic carbocycles. The molecule has 0 unspecified atom stereocenters. The predicted octanol–water partition coefficient (Wildman–Crippen LogP) is 10.1. The molecule has 4 heteroatoms. The summed E-state index contributed by atoms with van der Waals surface area (Å²) in [6.45, 7) is 0. The van der Waals surface area contributed by atoms with Crippen molar-refractivity contribution in [3.63, 3.8) is 0 Å². The number of furan rings is 1. The molecule has 0 aliphatic carbocycles. The van der Waals surface area contributed by atoms with Gasteiger partial charge in [-0.1, -0.05) is 140 Å². The van der Waals surface area contributed by atoms with Gasteiger partial charge in [-0.15, -0.1) is 0 Å². The Morgan fingerprint density at radius 1 is 0.326 bits per heavy atom. The van der Waals surface area contributed by atoms with Crippen molar-refractivity contribution < 1.29 is 4.42 Å². The van der Waals surface area contributed by atoms with Crippen molar-refractivity contribution >= 4 is 21.9 Å². The number of benzene rings is 6. The Morgan fingerprint density at radius 3 is 1.35 bits per heavy atom. The molecule has 202 valence electrons. The lowest BCUT2D eigenvalue weighted by atomic mass is 10.0. The molecular formula is C39H25N3O. The standard InChI is InChI=1S/C39H25N3O/c1-3-10-26(11-4-1)28-18-22-30(23-19-28)37-40-38(31-24-20-29(21-25-31)27-12-5-2-6-13-27)42-39(41-37)33-15-9-17-35-36(33)32-14-7-8-16-34(32)43-35/h1-25H. The van der Waals surface area contributed by atoms with Crippen LogP contribution in [0.5, 0.6) is 0 Å². The fourth-order valence-corrected chi connectivity index (χ4v) is 5.60. The molecule has 8 aromatic rings. The monoisotopic (exact) mass is 551 g/mol. The van der Waals surface area contributed by atoms with Crippen LogP contribution in [0.4, 0.5) is 0 Å². The second-order valence-corrected chi connectivity index (χ2v) is 10.5. The van der Waals surface area contributed by atoms with Crippen molar-refractivity contribution in [2.75, 3.05) is 0 Å². The first-order chi connectivity index (χ1) is 21.3. The summed E-state index contributed by atoms with van der Waals surface area (Å²) >= 11 is 0. The zero-order chi connectivity index (χ0) is 28.6. The highest BCUT2D eigenvalue weighted by Gasteiger charge is 2.17. The Bertz CT molecular complexity index is 2100. The van der Waals surface area contributed by atoms with Gasteiger partial charge in [-0.2, -0.15) is 0 Å². The van der Waals surface area contributed by atoms with E-state index in [-0.39, 0.29) is 0 Å². The first-order valence-electron chi connectivity index (χ1n) is 14.3. The van der Waals surface area contributed by atoms with E-state index in [9.17, 15) is 0 Å². The third-order valence-corrected chi connectivity index (χ3v) is 7.78. The van der Waals surface area contributed by atoms with Gasteiger partial charge < -0.3 is 4.42 Å². The van der Waals surface area contributed by atoms with Gasteiger partial charge in [0, 0.05) is 27.5 Å². The van der Waals surface area contributed by atoms with E-state index in [1.54, 1.807) is 0 Å². The molecule has 43 heavy (non-hydrogen) atoms. The molecule has 2 heterocycles. The van der Waals surface area contributed by atoms with Crippen molar-refractivity contribution in [2.45, 2.75) is 0 Å². The zero-order valence-electron chi connectivity index (χ0n) is 23.2. The second-order valence-electron chi connectivity index (χ2n) is 10.5. The number of para-hydroxylation sites is 1. The maximum absolute atomic E-state index is 6.18. The maximum Gasteiger partial charge on any atom is 0.164 e. The van der Waals surface area contributed by atoms with Gasteiger partial charge in [-0.25, -0.2) is 15.0 Å². The summed E-state index contributed by atoms with van der Waals surface area (Å²) < 4.78 is 6.18. The topological polar surface area (TPSA) is 51.8 Å². The fourth-order valence-electron chi connectivity index (χ4n) is 5.60. The van der Waals surface area contributed by atoms with Crippen LogP contribution in [0.15, 0.2) is 156 Å². The Labute approximate surface area is 249 Å². The van der Waals surface area contributed by atoms with Crippen LogP contribution in [0.3, 0.4) is 0 Å². The minimum Gasteiger partial charge on any atom is -0.456 e. The Balaban J connectivity index is 1.29. The number of hydrogen-bond donors (Lipinski definition) is 0. The molecule has 0 aliphatic rings. The van der Waals surface area contributed by atoms with Crippen LogP contribution in [0.2, 0.25) is 0 Å². The predicted molar refractivity (Wildman–Crippen MR) is 174 cm³/mol. The quantitative estimate of drug-likeness (QED) is 0.214. The summed E-state index contributed by atoms with van der Waals surface area (Å²) in [4.78, 5) is 15.1. The van der Waals surface area contributed by atoms with Crippen LogP contribution < -0.4 is 0 Å². The van der Waals surface area contributed by atoms with Crippen LogP contribution in [-0.2, 0) is 0 Å². The van der Waals surface area contributed by atoms with Crippen molar-refractivity contribution in [3.05, 3.63) is 152 Å². The van der Waals surface area contributed by atoms with Gasteiger partial charge in [0.05, 0.1) is 0 Å². The summed E-state index contributed by atoms with van der Waals surface area (Å²) in [6, 6.07) is 51.7. The molecule has 0 saturated heterocycles. The summed E-state index contributed by atoms with van der Waals surface area (Å²) in [5.74, 6) is 1.85. The lowest BCUT2D eigenvalue weighted by Gasteiger charge is -2.10. The Hall–Kier alpha value is -5.87. The van der Waals surface area contributed by atoms with Crippen molar-refractivity contribution in [1.29, 1.82) is 0 Å². The number of nitrogens with zero attached hydrogens (tertiary/aromatic N) is 3. The van der Waals surface area contributed by atoms with E-state index < -0.39 is 0 Å². The molecule has 0 atom stereocenters. The maximum atomic E-state index is 6.18. The highest BCUT2D eigenvalue weighted by molar-refractivity contribution is 6.11. The van der Waals surface area contributed by atoms with E-state index in [4.69, 9.17) is 19.4 Å². The molecule has 0 spiro atoms. The van der Waals surface area contributed by atoms with Gasteiger partial charge in [-0.3, -0.25) is 0 Å². The largest absolute Gasteiger partial charge is 0.456 e. The van der Waals surface area contributed by atoms with E-state index in [0.717, 1.165) is 49.8 Å². The molecule has 2 aromatic heterocycles. The van der Waals surface area contributed by atoms with Crippen molar-refractivity contribution in [2.24, 2.45) is 0 Å². The summed E-state index contributed by atoms with van der Waals surface area (Å²) in [7, 11) is 0.